The van der Waals surface area contributed by atoms with E-state index < -0.39 is 0 Å². The molecule has 10 heavy (non-hydrogen) atoms. The van der Waals surface area contributed by atoms with Gasteiger partial charge in [0.05, 0.1) is 5.29 Å². The minimum Gasteiger partial charge on any atom is -0.288 e. The quantitative estimate of drug-likeness (QED) is 0.532. The van der Waals surface area contributed by atoms with E-state index in [1.165, 1.54) is 0 Å². The van der Waals surface area contributed by atoms with Crippen molar-refractivity contribution in [1.29, 1.82) is 0 Å². The van der Waals surface area contributed by atoms with Crippen molar-refractivity contribution in [2.45, 2.75) is 19.0 Å². The second-order valence-electron chi connectivity index (χ2n) is 2.83. The molecular weight excluding hydrogens is 130 g/mol. The SMILES string of the molecule is CN(C)C1CCCN1N=O. The van der Waals surface area contributed by atoms with Gasteiger partial charge in [-0.1, -0.05) is 0 Å². The highest BCUT2D eigenvalue weighted by molar-refractivity contribution is 4.73. The van der Waals surface area contributed by atoms with E-state index in [9.17, 15) is 4.91 Å². The van der Waals surface area contributed by atoms with E-state index in [0.717, 1.165) is 19.4 Å². The molecule has 0 aromatic rings. The Morgan fingerprint density at radius 1 is 1.60 bits per heavy atom. The number of hydrogen-bond acceptors (Lipinski definition) is 3. The normalized spacial score (nSPS) is 25.9. The van der Waals surface area contributed by atoms with Crippen LogP contribution in [0.4, 0.5) is 0 Å². The number of hydrogen-bond donors (Lipinski definition) is 0. The molecule has 0 aromatic heterocycles. The van der Waals surface area contributed by atoms with Crippen LogP contribution in [0.5, 0.6) is 0 Å². The van der Waals surface area contributed by atoms with Gasteiger partial charge in [-0.15, -0.1) is 4.91 Å². The second kappa shape index (κ2) is 2.96. The third-order valence-corrected chi connectivity index (χ3v) is 1.89. The Balaban J connectivity index is 2.49. The summed E-state index contributed by atoms with van der Waals surface area (Å²) in [7, 11) is 3.93. The maximum Gasteiger partial charge on any atom is 0.102 e. The highest BCUT2D eigenvalue weighted by Crippen LogP contribution is 2.17. The van der Waals surface area contributed by atoms with Gasteiger partial charge in [0.1, 0.15) is 6.17 Å². The van der Waals surface area contributed by atoms with Crippen molar-refractivity contribution < 1.29 is 0 Å². The molecule has 0 saturated carbocycles. The number of rotatable bonds is 2. The third kappa shape index (κ3) is 1.26. The lowest BCUT2D eigenvalue weighted by Gasteiger charge is -2.24. The molecule has 1 fully saturated rings. The Hall–Kier alpha value is -0.640. The van der Waals surface area contributed by atoms with Crippen LogP contribution in [-0.4, -0.2) is 36.7 Å². The van der Waals surface area contributed by atoms with E-state index >= 15 is 0 Å². The van der Waals surface area contributed by atoms with Crippen molar-refractivity contribution >= 4 is 0 Å². The van der Waals surface area contributed by atoms with Crippen molar-refractivity contribution in [2.75, 3.05) is 20.6 Å². The summed E-state index contributed by atoms with van der Waals surface area (Å²) in [5.74, 6) is 0. The van der Waals surface area contributed by atoms with Crippen LogP contribution in [0, 0.1) is 4.91 Å². The Morgan fingerprint density at radius 3 is 2.70 bits per heavy atom. The van der Waals surface area contributed by atoms with Crippen LogP contribution >= 0.6 is 0 Å². The average Bonchev–Trinajstić information content (AvgIpc) is 2.33. The van der Waals surface area contributed by atoms with Crippen LogP contribution in [-0.2, 0) is 0 Å². The predicted octanol–water partition coefficient (Wildman–Crippen LogP) is 0.651. The molecule has 0 N–H and O–H groups in total. The van der Waals surface area contributed by atoms with Crippen molar-refractivity contribution in [1.82, 2.24) is 9.91 Å². The van der Waals surface area contributed by atoms with E-state index in [0.29, 0.717) is 0 Å². The van der Waals surface area contributed by atoms with Gasteiger partial charge in [-0.05, 0) is 26.9 Å². The van der Waals surface area contributed by atoms with E-state index in [-0.39, 0.29) is 6.17 Å². The van der Waals surface area contributed by atoms with Gasteiger partial charge in [0.15, 0.2) is 0 Å². The first kappa shape index (κ1) is 7.47. The summed E-state index contributed by atoms with van der Waals surface area (Å²) in [5.41, 5.74) is 0. The van der Waals surface area contributed by atoms with Gasteiger partial charge in [-0.3, -0.25) is 4.90 Å². The molecule has 4 nitrogen and oxygen atoms in total. The largest absolute Gasteiger partial charge is 0.288 e. The van der Waals surface area contributed by atoms with E-state index in [1.54, 1.807) is 5.01 Å². The Bertz CT molecular complexity index is 126. The summed E-state index contributed by atoms with van der Waals surface area (Å²) in [5, 5.41) is 4.53. The maximum absolute atomic E-state index is 10.2. The van der Waals surface area contributed by atoms with Crippen LogP contribution in [0.1, 0.15) is 12.8 Å². The summed E-state index contributed by atoms with van der Waals surface area (Å²) in [6.45, 7) is 0.812. The molecule has 1 atom stereocenters. The minimum atomic E-state index is 0.234. The van der Waals surface area contributed by atoms with Gasteiger partial charge in [0.2, 0.25) is 0 Å². The van der Waals surface area contributed by atoms with E-state index in [4.69, 9.17) is 0 Å². The van der Waals surface area contributed by atoms with Gasteiger partial charge >= 0.3 is 0 Å². The topological polar surface area (TPSA) is 35.9 Å². The van der Waals surface area contributed by atoms with Crippen molar-refractivity contribution in [2.24, 2.45) is 5.29 Å². The lowest BCUT2D eigenvalue weighted by atomic mass is 10.3. The molecule has 1 aliphatic rings. The van der Waals surface area contributed by atoms with Crippen molar-refractivity contribution in [3.8, 4) is 0 Å². The summed E-state index contributed by atoms with van der Waals surface area (Å²) in [6, 6.07) is 0. The number of nitrogens with zero attached hydrogens (tertiary/aromatic N) is 3. The van der Waals surface area contributed by atoms with Gasteiger partial charge < -0.3 is 0 Å². The molecule has 0 aliphatic carbocycles. The van der Waals surface area contributed by atoms with Crippen LogP contribution in [0.25, 0.3) is 0 Å². The first-order valence-corrected chi connectivity index (χ1v) is 3.52. The highest BCUT2D eigenvalue weighted by Gasteiger charge is 2.25. The summed E-state index contributed by atoms with van der Waals surface area (Å²) in [6.07, 6.45) is 2.37. The molecule has 1 unspecified atom stereocenters. The standard InChI is InChI=1S/C6H13N3O/c1-8(2)6-4-3-5-9(6)7-10/h6H,3-5H2,1-2H3. The fourth-order valence-corrected chi connectivity index (χ4v) is 1.35. The predicted molar refractivity (Wildman–Crippen MR) is 39.2 cm³/mol. The molecule has 0 bridgehead atoms. The molecule has 1 saturated heterocycles. The molecule has 0 amide bonds. The molecule has 58 valence electrons. The van der Waals surface area contributed by atoms with Gasteiger partial charge in [0.25, 0.3) is 0 Å². The first-order valence-electron chi connectivity index (χ1n) is 3.52. The first-order chi connectivity index (χ1) is 4.75. The lowest BCUT2D eigenvalue weighted by Crippen LogP contribution is -2.36. The summed E-state index contributed by atoms with van der Waals surface area (Å²) >= 11 is 0. The van der Waals surface area contributed by atoms with Gasteiger partial charge in [0, 0.05) is 6.54 Å². The fraction of sp³-hybridized carbons (Fsp3) is 1.00. The van der Waals surface area contributed by atoms with Crippen molar-refractivity contribution in [3.63, 3.8) is 0 Å². The Kier molecular flexibility index (Phi) is 2.21. The zero-order valence-corrected chi connectivity index (χ0v) is 6.45. The summed E-state index contributed by atoms with van der Waals surface area (Å²) < 4.78 is 0. The molecule has 0 spiro atoms. The Morgan fingerprint density at radius 2 is 2.30 bits per heavy atom. The zero-order chi connectivity index (χ0) is 7.56. The molecular formula is C6H13N3O. The van der Waals surface area contributed by atoms with Crippen LogP contribution in [0.2, 0.25) is 0 Å². The van der Waals surface area contributed by atoms with Crippen LogP contribution in [0.3, 0.4) is 0 Å². The van der Waals surface area contributed by atoms with Crippen LogP contribution in [0.15, 0.2) is 5.29 Å². The molecule has 0 aromatic carbocycles. The monoisotopic (exact) mass is 143 g/mol. The van der Waals surface area contributed by atoms with Crippen LogP contribution < -0.4 is 0 Å². The fourth-order valence-electron chi connectivity index (χ4n) is 1.35. The average molecular weight is 143 g/mol. The lowest BCUT2D eigenvalue weighted by molar-refractivity contribution is 0.122. The Labute approximate surface area is 60.7 Å². The smallest absolute Gasteiger partial charge is 0.102 e. The number of nitroso groups, excluding NO2 is 1. The molecule has 1 rings (SSSR count). The van der Waals surface area contributed by atoms with E-state index in [2.05, 4.69) is 5.29 Å². The van der Waals surface area contributed by atoms with E-state index in [1.807, 2.05) is 19.0 Å². The molecule has 1 aliphatic heterocycles. The third-order valence-electron chi connectivity index (χ3n) is 1.89. The summed E-state index contributed by atoms with van der Waals surface area (Å²) in [4.78, 5) is 12.2. The van der Waals surface area contributed by atoms with Gasteiger partial charge in [-0.25, -0.2) is 5.01 Å². The minimum absolute atomic E-state index is 0.234. The van der Waals surface area contributed by atoms with Gasteiger partial charge in [-0.2, -0.15) is 0 Å². The van der Waals surface area contributed by atoms with Crippen molar-refractivity contribution in [3.05, 3.63) is 4.91 Å². The zero-order valence-electron chi connectivity index (χ0n) is 6.45. The molecule has 0 radical (unpaired) electrons. The highest BCUT2D eigenvalue weighted by atomic mass is 16.3. The second-order valence-corrected chi connectivity index (χ2v) is 2.83. The maximum atomic E-state index is 10.2. The molecule has 1 heterocycles. The molecule has 4 heteroatoms.